The number of benzene rings is 1. The van der Waals surface area contributed by atoms with Gasteiger partial charge in [-0.15, -0.1) is 5.10 Å². The number of hydrogen-bond donors (Lipinski definition) is 2. The van der Waals surface area contributed by atoms with E-state index < -0.39 is 11.8 Å². The number of rotatable bonds is 3. The van der Waals surface area contributed by atoms with E-state index in [1.807, 2.05) is 0 Å². The Morgan fingerprint density at radius 1 is 1.36 bits per heavy atom. The number of nitrogens with one attached hydrogen (secondary N) is 1. The number of halogens is 1. The normalized spacial score (nSPS) is 17.3. The number of carboxylic acids is 1. The summed E-state index contributed by atoms with van der Waals surface area (Å²) in [5, 5.41) is 16.3. The molecule has 0 bridgehead atoms. The van der Waals surface area contributed by atoms with Crippen LogP contribution in [0.1, 0.15) is 33.3 Å². The lowest BCUT2D eigenvalue weighted by Crippen LogP contribution is -2.29. The number of aromatic amines is 1. The number of carboxylic acid groups (broad SMARTS) is 1. The molecule has 128 valence electrons. The van der Waals surface area contributed by atoms with E-state index in [9.17, 15) is 14.0 Å². The zero-order valence-electron chi connectivity index (χ0n) is 12.9. The standard InChI is InChI=1S/C15H13FN6O3/c16-8-3-10(13-11(4-8)17-7-18-13)14(23)21-2-1-9(5-21)22-6-12(15(24)25)19-20-22/h3-4,6-7,9H,1-2,5H2,(H,17,18)(H,24,25). The molecule has 3 heterocycles. The van der Waals surface area contributed by atoms with Gasteiger partial charge in [0.2, 0.25) is 0 Å². The predicted octanol–water partition coefficient (Wildman–Crippen LogP) is 1.08. The molecule has 1 saturated heterocycles. The summed E-state index contributed by atoms with van der Waals surface area (Å²) in [5.74, 6) is -1.99. The minimum absolute atomic E-state index is 0.145. The topological polar surface area (TPSA) is 117 Å². The van der Waals surface area contributed by atoms with Crippen molar-refractivity contribution in [2.24, 2.45) is 0 Å². The number of carbonyl (C=O) groups is 2. The molecule has 10 heteroatoms. The van der Waals surface area contributed by atoms with Crippen LogP contribution in [0, 0.1) is 5.82 Å². The highest BCUT2D eigenvalue weighted by molar-refractivity contribution is 6.04. The van der Waals surface area contributed by atoms with Gasteiger partial charge in [0, 0.05) is 13.1 Å². The molecular weight excluding hydrogens is 331 g/mol. The Kier molecular flexibility index (Phi) is 3.45. The smallest absolute Gasteiger partial charge is 0.358 e. The number of fused-ring (bicyclic) bond motifs is 1. The number of hydrogen-bond acceptors (Lipinski definition) is 5. The van der Waals surface area contributed by atoms with Gasteiger partial charge in [0.05, 0.1) is 29.6 Å². The van der Waals surface area contributed by atoms with Gasteiger partial charge in [-0.25, -0.2) is 18.9 Å². The molecule has 25 heavy (non-hydrogen) atoms. The van der Waals surface area contributed by atoms with Gasteiger partial charge >= 0.3 is 5.97 Å². The molecule has 1 unspecified atom stereocenters. The van der Waals surface area contributed by atoms with Crippen LogP contribution < -0.4 is 0 Å². The number of nitrogens with zero attached hydrogens (tertiary/aromatic N) is 5. The third-order valence-corrected chi connectivity index (χ3v) is 4.27. The maximum absolute atomic E-state index is 13.7. The van der Waals surface area contributed by atoms with Crippen LogP contribution >= 0.6 is 0 Å². The highest BCUT2D eigenvalue weighted by Crippen LogP contribution is 2.25. The quantitative estimate of drug-likeness (QED) is 0.734. The number of aromatic carboxylic acids is 1. The number of carbonyl (C=O) groups excluding carboxylic acids is 1. The van der Waals surface area contributed by atoms with Crippen molar-refractivity contribution in [2.75, 3.05) is 13.1 Å². The molecule has 0 aliphatic carbocycles. The average molecular weight is 344 g/mol. The molecular formula is C15H13FN6O3. The lowest BCUT2D eigenvalue weighted by atomic mass is 10.1. The molecule has 0 spiro atoms. The van der Waals surface area contributed by atoms with Gasteiger partial charge in [-0.1, -0.05) is 5.21 Å². The largest absolute Gasteiger partial charge is 0.476 e. The van der Waals surface area contributed by atoms with E-state index in [0.29, 0.717) is 30.5 Å². The van der Waals surface area contributed by atoms with E-state index in [4.69, 9.17) is 5.11 Å². The van der Waals surface area contributed by atoms with Crippen molar-refractivity contribution < 1.29 is 19.1 Å². The average Bonchev–Trinajstić information content (AvgIpc) is 3.31. The molecule has 9 nitrogen and oxygen atoms in total. The first-order chi connectivity index (χ1) is 12.0. The Labute approximate surface area is 140 Å². The van der Waals surface area contributed by atoms with E-state index in [1.54, 1.807) is 4.90 Å². The van der Waals surface area contributed by atoms with Crippen molar-refractivity contribution in [1.29, 1.82) is 0 Å². The van der Waals surface area contributed by atoms with Crippen LogP contribution in [0.4, 0.5) is 4.39 Å². The molecule has 1 aromatic carbocycles. The van der Waals surface area contributed by atoms with Crippen molar-refractivity contribution in [1.82, 2.24) is 29.9 Å². The minimum atomic E-state index is -1.15. The van der Waals surface area contributed by atoms with Gasteiger partial charge in [0.25, 0.3) is 5.91 Å². The first kappa shape index (κ1) is 15.2. The van der Waals surface area contributed by atoms with Crippen LogP contribution in [0.3, 0.4) is 0 Å². The van der Waals surface area contributed by atoms with Crippen molar-refractivity contribution in [3.8, 4) is 0 Å². The van der Waals surface area contributed by atoms with Gasteiger partial charge in [-0.3, -0.25) is 4.79 Å². The molecule has 1 amide bonds. The zero-order valence-corrected chi connectivity index (χ0v) is 12.9. The molecule has 2 N–H and O–H groups in total. The molecule has 1 aliphatic heterocycles. The lowest BCUT2D eigenvalue weighted by Gasteiger charge is -2.17. The maximum atomic E-state index is 13.7. The summed E-state index contributed by atoms with van der Waals surface area (Å²) in [6.45, 7) is 0.790. The fourth-order valence-electron chi connectivity index (χ4n) is 3.04. The highest BCUT2D eigenvalue weighted by atomic mass is 19.1. The molecule has 4 rings (SSSR count). The first-order valence-corrected chi connectivity index (χ1v) is 7.60. The second kappa shape index (κ2) is 5.65. The first-order valence-electron chi connectivity index (χ1n) is 7.60. The highest BCUT2D eigenvalue weighted by Gasteiger charge is 2.30. The van der Waals surface area contributed by atoms with Gasteiger partial charge < -0.3 is 15.0 Å². The molecule has 1 aliphatic rings. The summed E-state index contributed by atoms with van der Waals surface area (Å²) >= 11 is 0. The van der Waals surface area contributed by atoms with E-state index in [2.05, 4.69) is 20.3 Å². The number of aromatic nitrogens is 5. The molecule has 1 fully saturated rings. The summed E-state index contributed by atoms with van der Waals surface area (Å²) in [7, 11) is 0. The van der Waals surface area contributed by atoms with Crippen molar-refractivity contribution in [3.05, 3.63) is 41.7 Å². The van der Waals surface area contributed by atoms with Crippen molar-refractivity contribution in [3.63, 3.8) is 0 Å². The number of imidazole rings is 1. The zero-order chi connectivity index (χ0) is 17.6. The van der Waals surface area contributed by atoms with Crippen LogP contribution in [-0.2, 0) is 0 Å². The maximum Gasteiger partial charge on any atom is 0.358 e. The Balaban J connectivity index is 1.57. The lowest BCUT2D eigenvalue weighted by molar-refractivity contribution is 0.0689. The summed E-state index contributed by atoms with van der Waals surface area (Å²) < 4.78 is 15.2. The molecule has 0 radical (unpaired) electrons. The Hall–Kier alpha value is -3.30. The van der Waals surface area contributed by atoms with Gasteiger partial charge in [-0.05, 0) is 18.6 Å². The van der Waals surface area contributed by atoms with Crippen molar-refractivity contribution in [2.45, 2.75) is 12.5 Å². The predicted molar refractivity (Wildman–Crippen MR) is 82.6 cm³/mol. The third-order valence-electron chi connectivity index (χ3n) is 4.27. The van der Waals surface area contributed by atoms with E-state index in [0.717, 1.165) is 0 Å². The van der Waals surface area contributed by atoms with E-state index in [1.165, 1.54) is 29.3 Å². The fraction of sp³-hybridized carbons (Fsp3) is 0.267. The Bertz CT molecular complexity index is 981. The van der Waals surface area contributed by atoms with E-state index in [-0.39, 0.29) is 23.2 Å². The second-order valence-corrected chi connectivity index (χ2v) is 5.83. The molecule has 2 aromatic heterocycles. The molecule has 0 saturated carbocycles. The van der Waals surface area contributed by atoms with E-state index >= 15 is 0 Å². The monoisotopic (exact) mass is 344 g/mol. The minimum Gasteiger partial charge on any atom is -0.476 e. The van der Waals surface area contributed by atoms with Crippen LogP contribution in [0.25, 0.3) is 11.0 Å². The van der Waals surface area contributed by atoms with Crippen molar-refractivity contribution >= 4 is 22.9 Å². The number of H-pyrrole nitrogens is 1. The summed E-state index contributed by atoms with van der Waals surface area (Å²) in [6, 6.07) is 2.29. The summed E-state index contributed by atoms with van der Waals surface area (Å²) in [4.78, 5) is 32.1. The van der Waals surface area contributed by atoms with Crippen LogP contribution in [0.5, 0.6) is 0 Å². The fourth-order valence-corrected chi connectivity index (χ4v) is 3.04. The second-order valence-electron chi connectivity index (χ2n) is 5.83. The van der Waals surface area contributed by atoms with Gasteiger partial charge in [-0.2, -0.15) is 0 Å². The summed E-state index contributed by atoms with van der Waals surface area (Å²) in [6.07, 6.45) is 3.36. The SMILES string of the molecule is O=C(O)c1cn(C2CCN(C(=O)c3cc(F)cc4[nH]cnc34)C2)nn1. The van der Waals surface area contributed by atoms with Gasteiger partial charge in [0.1, 0.15) is 11.3 Å². The van der Waals surface area contributed by atoms with Gasteiger partial charge in [0.15, 0.2) is 5.69 Å². The number of likely N-dealkylation sites (tertiary alicyclic amines) is 1. The van der Waals surface area contributed by atoms with Crippen LogP contribution in [0.2, 0.25) is 0 Å². The van der Waals surface area contributed by atoms with Crippen LogP contribution in [-0.4, -0.2) is 59.9 Å². The Morgan fingerprint density at radius 3 is 2.96 bits per heavy atom. The number of amides is 1. The third kappa shape index (κ3) is 2.61. The molecule has 1 atom stereocenters. The summed E-state index contributed by atoms with van der Waals surface area (Å²) in [5.41, 5.74) is 0.931. The van der Waals surface area contributed by atoms with Crippen LogP contribution in [0.15, 0.2) is 24.7 Å². The Morgan fingerprint density at radius 2 is 2.20 bits per heavy atom. The molecule has 3 aromatic rings.